The van der Waals surface area contributed by atoms with E-state index in [1.807, 2.05) is 24.3 Å². The van der Waals surface area contributed by atoms with Crippen molar-refractivity contribution in [3.8, 4) is 11.5 Å². The third-order valence-electron chi connectivity index (χ3n) is 5.50. The fourth-order valence-corrected chi connectivity index (χ4v) is 3.30. The number of ether oxygens (including phenoxy) is 1. The van der Waals surface area contributed by atoms with Crippen LogP contribution in [0.4, 0.5) is 4.79 Å². The van der Waals surface area contributed by atoms with Gasteiger partial charge in [-0.2, -0.15) is 0 Å². The van der Waals surface area contributed by atoms with Crippen molar-refractivity contribution < 1.29 is 29.0 Å². The Morgan fingerprint density at radius 2 is 1.86 bits per heavy atom. The number of hydrogen-bond acceptors (Lipinski definition) is 6. The Kier molecular flexibility index (Phi) is 10.1. The van der Waals surface area contributed by atoms with Crippen molar-refractivity contribution in [2.75, 3.05) is 6.61 Å². The molecule has 1 unspecified atom stereocenters. The number of ketones is 1. The molecule has 0 aliphatic carbocycles. The first kappa shape index (κ1) is 28.4. The van der Waals surface area contributed by atoms with Gasteiger partial charge < -0.3 is 19.4 Å². The van der Waals surface area contributed by atoms with Gasteiger partial charge in [0.15, 0.2) is 5.78 Å². The van der Waals surface area contributed by atoms with Crippen LogP contribution >= 0.6 is 0 Å². The lowest BCUT2D eigenvalue weighted by atomic mass is 9.93. The van der Waals surface area contributed by atoms with Gasteiger partial charge in [0.1, 0.15) is 22.8 Å². The molecule has 2 aromatic rings. The van der Waals surface area contributed by atoms with Gasteiger partial charge in [-0.1, -0.05) is 45.9 Å². The molecule has 0 spiro atoms. The van der Waals surface area contributed by atoms with Crippen LogP contribution in [0.15, 0.2) is 57.4 Å². The van der Waals surface area contributed by atoms with Crippen LogP contribution in [0.2, 0.25) is 0 Å². The fourth-order valence-electron chi connectivity index (χ4n) is 3.30. The number of rotatable bonds is 11. The summed E-state index contributed by atoms with van der Waals surface area (Å²) in [7, 11) is 0. The minimum Gasteiger partial charge on any atom is -0.507 e. The largest absolute Gasteiger partial charge is 0.507 e. The van der Waals surface area contributed by atoms with Crippen molar-refractivity contribution in [1.29, 1.82) is 0 Å². The smallest absolute Gasteiger partial charge is 0.408 e. The van der Waals surface area contributed by atoms with E-state index in [1.165, 1.54) is 12.3 Å². The normalized spacial score (nSPS) is 13.0. The highest BCUT2D eigenvalue weighted by Gasteiger charge is 2.22. The lowest BCUT2D eigenvalue weighted by Crippen LogP contribution is -2.16. The summed E-state index contributed by atoms with van der Waals surface area (Å²) in [5, 5.41) is 21.1. The zero-order valence-electron chi connectivity index (χ0n) is 21.5. The summed E-state index contributed by atoms with van der Waals surface area (Å²) in [4.78, 5) is 35.9. The summed E-state index contributed by atoms with van der Waals surface area (Å²) in [5.41, 5.74) is -0.0975. The Hall–Kier alpha value is -3.81. The van der Waals surface area contributed by atoms with Gasteiger partial charge >= 0.3 is 11.7 Å². The molecule has 0 bridgehead atoms. The average molecular weight is 498 g/mol. The second-order valence-corrected chi connectivity index (χ2v) is 9.91. The van der Waals surface area contributed by atoms with Crippen LogP contribution in [0.3, 0.4) is 0 Å². The molecule has 1 heterocycles. The van der Waals surface area contributed by atoms with E-state index in [0.29, 0.717) is 19.4 Å². The molecule has 0 saturated heterocycles. The Labute approximate surface area is 211 Å². The second-order valence-electron chi connectivity index (χ2n) is 9.91. The van der Waals surface area contributed by atoms with Crippen molar-refractivity contribution >= 4 is 18.0 Å². The number of carbonyl (C=O) groups excluding carboxylic acids is 1. The number of amides is 1. The van der Waals surface area contributed by atoms with Crippen molar-refractivity contribution in [3.05, 3.63) is 75.5 Å². The Bertz CT molecular complexity index is 1170. The van der Waals surface area contributed by atoms with Gasteiger partial charge in [0.2, 0.25) is 0 Å². The molecule has 36 heavy (non-hydrogen) atoms. The van der Waals surface area contributed by atoms with Gasteiger partial charge in [0.05, 0.1) is 6.61 Å². The molecular weight excluding hydrogens is 462 g/mol. The van der Waals surface area contributed by atoms with Gasteiger partial charge in [-0.3, -0.25) is 10.1 Å². The second kappa shape index (κ2) is 12.8. The minimum absolute atomic E-state index is 0.188. The molecule has 3 N–H and O–H groups in total. The van der Waals surface area contributed by atoms with E-state index in [-0.39, 0.29) is 22.7 Å². The molecule has 1 aromatic carbocycles. The predicted molar refractivity (Wildman–Crippen MR) is 139 cm³/mol. The van der Waals surface area contributed by atoms with Crippen LogP contribution in [-0.4, -0.2) is 28.7 Å². The van der Waals surface area contributed by atoms with E-state index in [2.05, 4.69) is 26.1 Å². The highest BCUT2D eigenvalue weighted by molar-refractivity contribution is 6.12. The van der Waals surface area contributed by atoms with Gasteiger partial charge in [-0.05, 0) is 60.9 Å². The molecule has 0 fully saturated rings. The molecule has 1 atom stereocenters. The van der Waals surface area contributed by atoms with Crippen LogP contribution < -0.4 is 15.7 Å². The van der Waals surface area contributed by atoms with Crippen molar-refractivity contribution in [3.63, 3.8) is 0 Å². The van der Waals surface area contributed by atoms with E-state index >= 15 is 0 Å². The van der Waals surface area contributed by atoms with Crippen LogP contribution in [0.25, 0.3) is 6.08 Å². The number of aromatic hydroxyl groups is 1. The molecular formula is C28H35NO7. The highest BCUT2D eigenvalue weighted by atomic mass is 16.5. The maximum Gasteiger partial charge on any atom is 0.408 e. The first-order valence-corrected chi connectivity index (χ1v) is 11.8. The quantitative estimate of drug-likeness (QED) is 0.252. The third-order valence-corrected chi connectivity index (χ3v) is 5.50. The monoisotopic (exact) mass is 497 g/mol. The van der Waals surface area contributed by atoms with E-state index in [4.69, 9.17) is 14.3 Å². The molecule has 0 aliphatic rings. The van der Waals surface area contributed by atoms with E-state index in [1.54, 1.807) is 26.0 Å². The summed E-state index contributed by atoms with van der Waals surface area (Å²) in [5.74, 6) is -0.303. The summed E-state index contributed by atoms with van der Waals surface area (Å²) < 4.78 is 11.1. The average Bonchev–Trinajstić information content (AvgIpc) is 2.78. The SMILES string of the molecule is CC(=Cc1ccc(OCCC(C)(C)C)cc1)C(=O)c1c(O)cc(C(C)CCC=CNC(=O)O)oc1=O. The number of carboxylic acid groups (broad SMARTS) is 1. The Balaban J connectivity index is 2.07. The molecule has 8 heteroatoms. The van der Waals surface area contributed by atoms with Gasteiger partial charge in [-0.25, -0.2) is 9.59 Å². The summed E-state index contributed by atoms with van der Waals surface area (Å²) in [6.07, 6.45) is 5.42. The molecule has 0 aliphatic heterocycles. The summed E-state index contributed by atoms with van der Waals surface area (Å²) >= 11 is 0. The maximum atomic E-state index is 12.9. The third kappa shape index (κ3) is 9.09. The van der Waals surface area contributed by atoms with Gasteiger partial charge in [0, 0.05) is 18.2 Å². The van der Waals surface area contributed by atoms with Crippen LogP contribution in [0.5, 0.6) is 11.5 Å². The number of hydrogen-bond donors (Lipinski definition) is 3. The Morgan fingerprint density at radius 3 is 2.44 bits per heavy atom. The molecule has 0 radical (unpaired) electrons. The molecule has 8 nitrogen and oxygen atoms in total. The predicted octanol–water partition coefficient (Wildman–Crippen LogP) is 6.11. The summed E-state index contributed by atoms with van der Waals surface area (Å²) in [6, 6.07) is 8.56. The number of benzene rings is 1. The van der Waals surface area contributed by atoms with E-state index < -0.39 is 28.8 Å². The molecule has 194 valence electrons. The zero-order valence-corrected chi connectivity index (χ0v) is 21.5. The van der Waals surface area contributed by atoms with Crippen molar-refractivity contribution in [2.24, 2.45) is 5.41 Å². The molecule has 2 rings (SSSR count). The molecule has 1 amide bonds. The van der Waals surface area contributed by atoms with E-state index in [0.717, 1.165) is 17.7 Å². The summed E-state index contributed by atoms with van der Waals surface area (Å²) in [6.45, 7) is 10.4. The van der Waals surface area contributed by atoms with Crippen molar-refractivity contribution in [2.45, 2.75) is 59.8 Å². The van der Waals surface area contributed by atoms with Gasteiger partial charge in [-0.15, -0.1) is 0 Å². The number of nitrogens with one attached hydrogen (secondary N) is 1. The fraction of sp³-hybridized carbons (Fsp3) is 0.393. The topological polar surface area (TPSA) is 126 Å². The highest BCUT2D eigenvalue weighted by Crippen LogP contribution is 2.26. The van der Waals surface area contributed by atoms with Crippen molar-refractivity contribution in [1.82, 2.24) is 5.32 Å². The maximum absolute atomic E-state index is 12.9. The Morgan fingerprint density at radius 1 is 1.19 bits per heavy atom. The number of Topliss-reactive ketones (excluding diaryl/α,β-unsaturated/α-hetero) is 1. The minimum atomic E-state index is -1.16. The van der Waals surface area contributed by atoms with Gasteiger partial charge in [0.25, 0.3) is 0 Å². The van der Waals surface area contributed by atoms with Crippen LogP contribution in [0.1, 0.15) is 81.5 Å². The molecule has 1 aromatic heterocycles. The number of allylic oxidation sites excluding steroid dienone is 2. The number of carbonyl (C=O) groups is 2. The molecule has 0 saturated carbocycles. The lowest BCUT2D eigenvalue weighted by molar-refractivity contribution is 0.102. The standard InChI is InChI=1S/C28H35NO7/c1-18(8-6-7-14-29-27(33)34)23-17-22(30)24(26(32)36-23)25(31)19(2)16-20-9-11-21(12-10-20)35-15-13-28(3,4)5/h7,9-12,14,16-18,29-30H,6,8,13,15H2,1-5H3,(H,33,34). The first-order chi connectivity index (χ1) is 16.9. The first-order valence-electron chi connectivity index (χ1n) is 11.8. The van der Waals surface area contributed by atoms with Crippen LogP contribution in [-0.2, 0) is 0 Å². The van der Waals surface area contributed by atoms with E-state index in [9.17, 15) is 19.5 Å². The lowest BCUT2D eigenvalue weighted by Gasteiger charge is -2.18. The van der Waals surface area contributed by atoms with Crippen LogP contribution in [0, 0.1) is 5.41 Å². The zero-order chi connectivity index (χ0) is 26.9.